The highest BCUT2D eigenvalue weighted by Crippen LogP contribution is 2.16. The average molecular weight is 354 g/mol. The molecule has 1 aliphatic heterocycles. The van der Waals surface area contributed by atoms with Crippen molar-refractivity contribution in [3.8, 4) is 0 Å². The molecule has 1 fully saturated rings. The minimum absolute atomic E-state index is 0. The molecule has 0 unspecified atom stereocenters. The molecule has 0 radical (unpaired) electrons. The zero-order chi connectivity index (χ0) is 16.7. The normalized spacial score (nSPS) is 15.6. The summed E-state index contributed by atoms with van der Waals surface area (Å²) in [6.45, 7) is 8.10. The Morgan fingerprint density at radius 2 is 1.96 bits per heavy atom. The number of Topliss-reactive ketones (excluding diaryl/α,β-unsaturated/α-hetero) is 1. The van der Waals surface area contributed by atoms with E-state index < -0.39 is 0 Å². The van der Waals surface area contributed by atoms with E-state index in [-0.39, 0.29) is 24.1 Å². The molecule has 134 valence electrons. The van der Waals surface area contributed by atoms with Crippen LogP contribution in [-0.2, 0) is 4.79 Å². The second-order valence-corrected chi connectivity index (χ2v) is 6.21. The lowest BCUT2D eigenvalue weighted by Gasteiger charge is -2.31. The van der Waals surface area contributed by atoms with Crippen LogP contribution in [0.25, 0.3) is 0 Å². The molecule has 1 aromatic rings. The van der Waals surface area contributed by atoms with Crippen LogP contribution in [-0.4, -0.2) is 49.3 Å². The molecule has 6 heteroatoms. The molecule has 1 aliphatic rings. The molecule has 0 aliphatic carbocycles. The first-order chi connectivity index (χ1) is 11.1. The fourth-order valence-corrected chi connectivity index (χ4v) is 2.92. The summed E-state index contributed by atoms with van der Waals surface area (Å²) in [5.74, 6) is 0.709. The van der Waals surface area contributed by atoms with Gasteiger partial charge in [0.25, 0.3) is 0 Å². The largest absolute Gasteiger partial charge is 0.325 e. The first-order valence-electron chi connectivity index (χ1n) is 8.42. The third-order valence-corrected chi connectivity index (χ3v) is 4.31. The Kier molecular flexibility index (Phi) is 8.97. The predicted octanol–water partition coefficient (Wildman–Crippen LogP) is 2.57. The minimum Gasteiger partial charge on any atom is -0.325 e. The van der Waals surface area contributed by atoms with E-state index >= 15 is 0 Å². The summed E-state index contributed by atoms with van der Waals surface area (Å²) < 4.78 is 0. The molecule has 1 heterocycles. The highest BCUT2D eigenvalue weighted by Gasteiger charge is 2.20. The molecule has 2 rings (SSSR count). The number of hydrogen-bond donors (Lipinski definition) is 2. The number of nitrogens with one attached hydrogen (secondary N) is 2. The van der Waals surface area contributed by atoms with Crippen LogP contribution in [0.4, 0.5) is 5.69 Å². The van der Waals surface area contributed by atoms with Crippen LogP contribution in [0.1, 0.15) is 37.0 Å². The number of amides is 1. The number of carbonyl (C=O) groups is 2. The quantitative estimate of drug-likeness (QED) is 0.740. The maximum absolute atomic E-state index is 12.2. The Hall–Kier alpha value is -1.43. The summed E-state index contributed by atoms with van der Waals surface area (Å²) in [4.78, 5) is 25.7. The third-order valence-electron chi connectivity index (χ3n) is 4.31. The van der Waals surface area contributed by atoms with E-state index in [1.165, 1.54) is 6.92 Å². The lowest BCUT2D eigenvalue weighted by Crippen LogP contribution is -2.41. The Balaban J connectivity index is 0.00000288. The van der Waals surface area contributed by atoms with E-state index in [0.717, 1.165) is 44.9 Å². The summed E-state index contributed by atoms with van der Waals surface area (Å²) in [6, 6.07) is 7.08. The Morgan fingerprint density at radius 3 is 2.58 bits per heavy atom. The van der Waals surface area contributed by atoms with E-state index in [1.807, 2.05) is 6.07 Å². The van der Waals surface area contributed by atoms with Gasteiger partial charge < -0.3 is 10.6 Å². The summed E-state index contributed by atoms with van der Waals surface area (Å²) >= 11 is 0. The van der Waals surface area contributed by atoms with Gasteiger partial charge in [-0.05, 0) is 64.0 Å². The summed E-state index contributed by atoms with van der Waals surface area (Å²) in [7, 11) is 0. The molecule has 1 aromatic carbocycles. The van der Waals surface area contributed by atoms with Crippen molar-refractivity contribution in [1.29, 1.82) is 0 Å². The topological polar surface area (TPSA) is 61.4 Å². The number of benzene rings is 1. The van der Waals surface area contributed by atoms with Crippen LogP contribution >= 0.6 is 12.4 Å². The standard InChI is InChI=1S/C18H27N3O2.ClH/c1-3-19-12-15-7-9-21(10-8-15)13-18(23)20-17-6-4-5-16(11-17)14(2)22;/h4-6,11,15,19H,3,7-10,12-13H2,1-2H3,(H,20,23);1H. The first-order valence-corrected chi connectivity index (χ1v) is 8.42. The highest BCUT2D eigenvalue weighted by molar-refractivity contribution is 5.97. The minimum atomic E-state index is -0.0177. The van der Waals surface area contributed by atoms with E-state index in [1.54, 1.807) is 18.2 Å². The van der Waals surface area contributed by atoms with Crippen LogP contribution in [0, 0.1) is 5.92 Å². The van der Waals surface area contributed by atoms with Gasteiger partial charge in [0, 0.05) is 11.3 Å². The van der Waals surface area contributed by atoms with E-state index in [2.05, 4.69) is 22.5 Å². The number of hydrogen-bond acceptors (Lipinski definition) is 4. The van der Waals surface area contributed by atoms with Crippen LogP contribution in [0.3, 0.4) is 0 Å². The molecule has 24 heavy (non-hydrogen) atoms. The van der Waals surface area contributed by atoms with Crippen LogP contribution < -0.4 is 10.6 Å². The smallest absolute Gasteiger partial charge is 0.238 e. The van der Waals surface area contributed by atoms with Gasteiger partial charge in [-0.15, -0.1) is 12.4 Å². The number of carbonyl (C=O) groups excluding carboxylic acids is 2. The summed E-state index contributed by atoms with van der Waals surface area (Å²) in [5, 5.41) is 6.28. The number of halogens is 1. The van der Waals surface area contributed by atoms with Crippen LogP contribution in [0.15, 0.2) is 24.3 Å². The fourth-order valence-electron chi connectivity index (χ4n) is 2.92. The van der Waals surface area contributed by atoms with Gasteiger partial charge in [-0.25, -0.2) is 0 Å². The van der Waals surface area contributed by atoms with Gasteiger partial charge in [0.1, 0.15) is 0 Å². The second-order valence-electron chi connectivity index (χ2n) is 6.21. The summed E-state index contributed by atoms with van der Waals surface area (Å²) in [5.41, 5.74) is 1.30. The lowest BCUT2D eigenvalue weighted by atomic mass is 9.97. The van der Waals surface area contributed by atoms with Gasteiger partial charge in [-0.3, -0.25) is 14.5 Å². The van der Waals surface area contributed by atoms with Crippen molar-refractivity contribution in [2.24, 2.45) is 5.92 Å². The molecule has 0 spiro atoms. The number of anilines is 1. The van der Waals surface area contributed by atoms with Gasteiger partial charge >= 0.3 is 0 Å². The molecule has 0 bridgehead atoms. The molecule has 1 saturated heterocycles. The predicted molar refractivity (Wildman–Crippen MR) is 100 cm³/mol. The molecule has 0 saturated carbocycles. The molecule has 0 atom stereocenters. The zero-order valence-corrected chi connectivity index (χ0v) is 15.3. The number of nitrogens with zero attached hydrogens (tertiary/aromatic N) is 1. The van der Waals surface area contributed by atoms with Crippen LogP contribution in [0.5, 0.6) is 0 Å². The van der Waals surface area contributed by atoms with E-state index in [0.29, 0.717) is 17.8 Å². The van der Waals surface area contributed by atoms with Crippen molar-refractivity contribution in [2.45, 2.75) is 26.7 Å². The number of rotatable bonds is 7. The van der Waals surface area contributed by atoms with Crippen molar-refractivity contribution in [1.82, 2.24) is 10.2 Å². The van der Waals surface area contributed by atoms with Gasteiger partial charge in [-0.2, -0.15) is 0 Å². The molecular weight excluding hydrogens is 326 g/mol. The van der Waals surface area contributed by atoms with E-state index in [4.69, 9.17) is 0 Å². The molecule has 5 nitrogen and oxygen atoms in total. The first kappa shape index (κ1) is 20.6. The van der Waals surface area contributed by atoms with Gasteiger partial charge in [0.15, 0.2) is 5.78 Å². The van der Waals surface area contributed by atoms with Crippen LogP contribution in [0.2, 0.25) is 0 Å². The van der Waals surface area contributed by atoms with Gasteiger partial charge in [0.05, 0.1) is 6.54 Å². The number of likely N-dealkylation sites (tertiary alicyclic amines) is 1. The second kappa shape index (κ2) is 10.4. The van der Waals surface area contributed by atoms with Gasteiger partial charge in [-0.1, -0.05) is 19.1 Å². The maximum Gasteiger partial charge on any atom is 0.238 e. The number of piperidine rings is 1. The zero-order valence-electron chi connectivity index (χ0n) is 14.5. The highest BCUT2D eigenvalue weighted by atomic mass is 35.5. The molecule has 1 amide bonds. The van der Waals surface area contributed by atoms with Crippen molar-refractivity contribution < 1.29 is 9.59 Å². The number of ketones is 1. The fraction of sp³-hybridized carbons (Fsp3) is 0.556. The monoisotopic (exact) mass is 353 g/mol. The SMILES string of the molecule is CCNCC1CCN(CC(=O)Nc2cccc(C(C)=O)c2)CC1.Cl. The van der Waals surface area contributed by atoms with Crippen molar-refractivity contribution >= 4 is 29.8 Å². The molecule has 0 aromatic heterocycles. The molecular formula is C18H28ClN3O2. The van der Waals surface area contributed by atoms with Crippen molar-refractivity contribution in [2.75, 3.05) is 38.0 Å². The average Bonchev–Trinajstić information content (AvgIpc) is 2.54. The Bertz CT molecular complexity index is 543. The van der Waals surface area contributed by atoms with E-state index in [9.17, 15) is 9.59 Å². The lowest BCUT2D eigenvalue weighted by molar-refractivity contribution is -0.117. The van der Waals surface area contributed by atoms with Gasteiger partial charge in [0.2, 0.25) is 5.91 Å². The Morgan fingerprint density at radius 1 is 1.25 bits per heavy atom. The molecule has 2 N–H and O–H groups in total. The van der Waals surface area contributed by atoms with Crippen molar-refractivity contribution in [3.63, 3.8) is 0 Å². The maximum atomic E-state index is 12.2. The Labute approximate surface area is 150 Å². The summed E-state index contributed by atoms with van der Waals surface area (Å²) in [6.07, 6.45) is 2.28. The van der Waals surface area contributed by atoms with Crippen molar-refractivity contribution in [3.05, 3.63) is 29.8 Å². The third kappa shape index (κ3) is 6.59.